The summed E-state index contributed by atoms with van der Waals surface area (Å²) < 4.78 is 5.69. The number of thiophene rings is 1. The van der Waals surface area contributed by atoms with Crippen molar-refractivity contribution in [3.8, 4) is 5.88 Å². The summed E-state index contributed by atoms with van der Waals surface area (Å²) in [6.07, 6.45) is 6.10. The van der Waals surface area contributed by atoms with E-state index in [1.54, 1.807) is 11.3 Å². The van der Waals surface area contributed by atoms with Gasteiger partial charge in [0, 0.05) is 10.4 Å². The second-order valence-corrected chi connectivity index (χ2v) is 7.74. The first-order valence-corrected chi connectivity index (χ1v) is 8.45. The molecule has 0 saturated heterocycles. The number of carbonyl (C=O) groups excluding carboxylic acids is 1. The molecular formula is C16H21N3O2S. The number of amides is 1. The van der Waals surface area contributed by atoms with Crippen LogP contribution in [0.25, 0.3) is 10.2 Å². The summed E-state index contributed by atoms with van der Waals surface area (Å²) in [6, 6.07) is 0. The lowest BCUT2D eigenvalue weighted by atomic mass is 9.97. The highest BCUT2D eigenvalue weighted by Gasteiger charge is 2.21. The van der Waals surface area contributed by atoms with Crippen molar-refractivity contribution in [1.29, 1.82) is 0 Å². The molecule has 1 aliphatic rings. The van der Waals surface area contributed by atoms with Crippen LogP contribution in [-0.4, -0.2) is 28.0 Å². The highest BCUT2D eigenvalue weighted by atomic mass is 32.1. The Hall–Kier alpha value is -1.69. The number of ether oxygens (including phenoxy) is 1. The number of nitrogens with zero attached hydrogens (tertiary/aromatic N) is 2. The molecule has 2 heterocycles. The standard InChI is InChI=1S/C16H21N3O2S/c1-16(2,3)19-12(20)8-21-14-13-10-6-4-5-7-11(10)22-15(13)18-9-17-14/h9H,4-8H2,1-3H3,(H,19,20). The zero-order chi connectivity index (χ0) is 15.7. The van der Waals surface area contributed by atoms with E-state index in [0.29, 0.717) is 5.88 Å². The molecule has 1 amide bonds. The second kappa shape index (κ2) is 5.83. The zero-order valence-electron chi connectivity index (χ0n) is 13.2. The van der Waals surface area contributed by atoms with Crippen molar-refractivity contribution in [3.05, 3.63) is 16.8 Å². The van der Waals surface area contributed by atoms with Crippen LogP contribution in [0.4, 0.5) is 0 Å². The Morgan fingerprint density at radius 1 is 1.32 bits per heavy atom. The summed E-state index contributed by atoms with van der Waals surface area (Å²) in [5.41, 5.74) is 1.06. The summed E-state index contributed by atoms with van der Waals surface area (Å²) >= 11 is 1.73. The molecule has 3 rings (SSSR count). The molecule has 22 heavy (non-hydrogen) atoms. The van der Waals surface area contributed by atoms with Crippen molar-refractivity contribution in [2.45, 2.75) is 52.0 Å². The lowest BCUT2D eigenvalue weighted by Gasteiger charge is -2.20. The SMILES string of the molecule is CC(C)(C)NC(=O)COc1ncnc2sc3c(c12)CCCC3. The molecule has 0 saturated carbocycles. The molecule has 0 spiro atoms. The van der Waals surface area contributed by atoms with Crippen molar-refractivity contribution >= 4 is 27.5 Å². The highest BCUT2D eigenvalue weighted by Crippen LogP contribution is 2.38. The Morgan fingerprint density at radius 2 is 2.09 bits per heavy atom. The number of aromatic nitrogens is 2. The van der Waals surface area contributed by atoms with Gasteiger partial charge in [0.15, 0.2) is 6.61 Å². The van der Waals surface area contributed by atoms with Gasteiger partial charge in [-0.3, -0.25) is 4.79 Å². The van der Waals surface area contributed by atoms with Gasteiger partial charge < -0.3 is 10.1 Å². The first-order chi connectivity index (χ1) is 10.4. The number of hydrogen-bond donors (Lipinski definition) is 1. The Morgan fingerprint density at radius 3 is 2.86 bits per heavy atom. The van der Waals surface area contributed by atoms with Crippen LogP contribution < -0.4 is 10.1 Å². The molecule has 0 aliphatic heterocycles. The molecule has 1 aliphatic carbocycles. The quantitative estimate of drug-likeness (QED) is 0.945. The number of hydrogen-bond acceptors (Lipinski definition) is 5. The second-order valence-electron chi connectivity index (χ2n) is 6.66. The summed E-state index contributed by atoms with van der Waals surface area (Å²) in [5.74, 6) is 0.400. The number of fused-ring (bicyclic) bond motifs is 3. The maximum Gasteiger partial charge on any atom is 0.258 e. The van der Waals surface area contributed by atoms with Crippen LogP contribution in [0, 0.1) is 0 Å². The van der Waals surface area contributed by atoms with Gasteiger partial charge in [-0.1, -0.05) is 0 Å². The molecule has 0 radical (unpaired) electrons. The van der Waals surface area contributed by atoms with E-state index in [-0.39, 0.29) is 18.1 Å². The van der Waals surface area contributed by atoms with Crippen molar-refractivity contribution in [1.82, 2.24) is 15.3 Å². The smallest absolute Gasteiger partial charge is 0.258 e. The van der Waals surface area contributed by atoms with Gasteiger partial charge in [0.25, 0.3) is 5.91 Å². The fourth-order valence-electron chi connectivity index (χ4n) is 2.76. The topological polar surface area (TPSA) is 64.1 Å². The molecule has 2 aromatic rings. The van der Waals surface area contributed by atoms with Gasteiger partial charge in [0.2, 0.25) is 5.88 Å². The van der Waals surface area contributed by atoms with E-state index < -0.39 is 0 Å². The third-order valence-electron chi connectivity index (χ3n) is 3.57. The monoisotopic (exact) mass is 319 g/mol. The van der Waals surface area contributed by atoms with Gasteiger partial charge in [-0.15, -0.1) is 11.3 Å². The van der Waals surface area contributed by atoms with Gasteiger partial charge in [0.05, 0.1) is 5.39 Å². The van der Waals surface area contributed by atoms with E-state index in [0.717, 1.165) is 23.1 Å². The van der Waals surface area contributed by atoms with E-state index in [2.05, 4.69) is 15.3 Å². The van der Waals surface area contributed by atoms with Crippen LogP contribution in [-0.2, 0) is 17.6 Å². The van der Waals surface area contributed by atoms with E-state index in [1.165, 1.54) is 29.6 Å². The lowest BCUT2D eigenvalue weighted by molar-refractivity contribution is -0.124. The minimum Gasteiger partial charge on any atom is -0.467 e. The maximum atomic E-state index is 11.9. The van der Waals surface area contributed by atoms with Crippen molar-refractivity contribution in [3.63, 3.8) is 0 Å². The Balaban J connectivity index is 1.82. The summed E-state index contributed by atoms with van der Waals surface area (Å²) in [5, 5.41) is 3.89. The van der Waals surface area contributed by atoms with Crippen LogP contribution in [0.1, 0.15) is 44.1 Å². The molecule has 5 nitrogen and oxygen atoms in total. The van der Waals surface area contributed by atoms with E-state index >= 15 is 0 Å². The van der Waals surface area contributed by atoms with Gasteiger partial charge in [-0.25, -0.2) is 9.97 Å². The summed E-state index contributed by atoms with van der Waals surface area (Å²) in [4.78, 5) is 22.9. The number of aryl methyl sites for hydroxylation is 2. The first kappa shape index (κ1) is 15.2. The largest absolute Gasteiger partial charge is 0.467 e. The van der Waals surface area contributed by atoms with E-state index in [9.17, 15) is 4.79 Å². The van der Waals surface area contributed by atoms with Crippen LogP contribution in [0.15, 0.2) is 6.33 Å². The Kier molecular flexibility index (Phi) is 4.04. The minimum absolute atomic E-state index is 0.0198. The molecule has 0 aromatic carbocycles. The van der Waals surface area contributed by atoms with Gasteiger partial charge in [-0.05, 0) is 52.0 Å². The number of rotatable bonds is 3. The van der Waals surface area contributed by atoms with Gasteiger partial charge in [0.1, 0.15) is 11.2 Å². The molecule has 0 bridgehead atoms. The summed E-state index contributed by atoms with van der Waals surface area (Å²) in [7, 11) is 0. The van der Waals surface area contributed by atoms with Crippen LogP contribution in [0.3, 0.4) is 0 Å². The van der Waals surface area contributed by atoms with Gasteiger partial charge in [-0.2, -0.15) is 0 Å². The van der Waals surface area contributed by atoms with Gasteiger partial charge >= 0.3 is 0 Å². The first-order valence-electron chi connectivity index (χ1n) is 7.63. The molecule has 2 aromatic heterocycles. The molecular weight excluding hydrogens is 298 g/mol. The predicted octanol–water partition coefficient (Wildman–Crippen LogP) is 2.86. The van der Waals surface area contributed by atoms with Crippen LogP contribution >= 0.6 is 11.3 Å². The summed E-state index contributed by atoms with van der Waals surface area (Å²) in [6.45, 7) is 5.82. The lowest BCUT2D eigenvalue weighted by Crippen LogP contribution is -2.43. The third kappa shape index (κ3) is 3.21. The van der Waals surface area contributed by atoms with E-state index in [4.69, 9.17) is 4.74 Å². The van der Waals surface area contributed by atoms with Crippen molar-refractivity contribution < 1.29 is 9.53 Å². The molecule has 0 fully saturated rings. The normalized spacial score (nSPS) is 14.7. The Labute approximate surface area is 134 Å². The molecule has 0 unspecified atom stereocenters. The number of carbonyl (C=O) groups is 1. The Bertz CT molecular complexity index is 703. The fourth-order valence-corrected chi connectivity index (χ4v) is 3.98. The molecule has 118 valence electrons. The van der Waals surface area contributed by atoms with Crippen LogP contribution in [0.2, 0.25) is 0 Å². The maximum absolute atomic E-state index is 11.9. The zero-order valence-corrected chi connectivity index (χ0v) is 14.0. The average molecular weight is 319 g/mol. The average Bonchev–Trinajstić information content (AvgIpc) is 2.82. The number of nitrogens with one attached hydrogen (secondary N) is 1. The fraction of sp³-hybridized carbons (Fsp3) is 0.562. The van der Waals surface area contributed by atoms with Crippen molar-refractivity contribution in [2.75, 3.05) is 6.61 Å². The highest BCUT2D eigenvalue weighted by molar-refractivity contribution is 7.18. The van der Waals surface area contributed by atoms with E-state index in [1.807, 2.05) is 20.8 Å². The van der Waals surface area contributed by atoms with Crippen molar-refractivity contribution in [2.24, 2.45) is 0 Å². The predicted molar refractivity (Wildman–Crippen MR) is 87.4 cm³/mol. The molecule has 0 atom stereocenters. The molecule has 1 N–H and O–H groups in total. The minimum atomic E-state index is -0.261. The van der Waals surface area contributed by atoms with Crippen LogP contribution in [0.5, 0.6) is 5.88 Å². The molecule has 6 heteroatoms. The third-order valence-corrected chi connectivity index (χ3v) is 4.77.